The zero-order valence-corrected chi connectivity index (χ0v) is 14.1. The van der Waals surface area contributed by atoms with Crippen LogP contribution in [-0.4, -0.2) is 34.9 Å². The van der Waals surface area contributed by atoms with E-state index < -0.39 is 18.0 Å². The highest BCUT2D eigenvalue weighted by molar-refractivity contribution is 6.02. The lowest BCUT2D eigenvalue weighted by atomic mass is 10.1. The Kier molecular flexibility index (Phi) is 5.33. The average molecular weight is 332 g/mol. The fourth-order valence-corrected chi connectivity index (χ4v) is 2.29. The number of hydrogen-bond acceptors (Lipinski definition) is 6. The molecule has 0 bridgehead atoms. The normalized spacial score (nSPS) is 12.2. The number of fused-ring (bicyclic) bond motifs is 1. The predicted octanol–water partition coefficient (Wildman–Crippen LogP) is 1.77. The van der Waals surface area contributed by atoms with Crippen LogP contribution in [0.1, 0.15) is 31.3 Å². The van der Waals surface area contributed by atoms with Crippen LogP contribution in [-0.2, 0) is 20.8 Å². The summed E-state index contributed by atoms with van der Waals surface area (Å²) in [5, 5.41) is 4.93. The predicted molar refractivity (Wildman–Crippen MR) is 87.7 cm³/mol. The molecule has 0 aliphatic carbocycles. The van der Waals surface area contributed by atoms with E-state index in [4.69, 9.17) is 4.74 Å². The molecule has 0 saturated heterocycles. The van der Waals surface area contributed by atoms with Gasteiger partial charge in [0.1, 0.15) is 0 Å². The van der Waals surface area contributed by atoms with E-state index in [1.807, 2.05) is 13.8 Å². The van der Waals surface area contributed by atoms with Crippen LogP contribution >= 0.6 is 0 Å². The molecule has 0 saturated carbocycles. The number of rotatable bonds is 5. The van der Waals surface area contributed by atoms with Crippen molar-refractivity contribution in [3.63, 3.8) is 0 Å². The van der Waals surface area contributed by atoms with Gasteiger partial charge in [-0.25, -0.2) is 14.3 Å². The monoisotopic (exact) mass is 332 g/mol. The van der Waals surface area contributed by atoms with Gasteiger partial charge in [0.15, 0.2) is 11.8 Å². The number of benzene rings is 1. The maximum absolute atomic E-state index is 12.5. The van der Waals surface area contributed by atoms with Crippen LogP contribution < -0.4 is 5.56 Å². The van der Waals surface area contributed by atoms with Gasteiger partial charge in [-0.05, 0) is 18.9 Å². The van der Waals surface area contributed by atoms with Crippen molar-refractivity contribution in [3.05, 3.63) is 40.3 Å². The van der Waals surface area contributed by atoms with Gasteiger partial charge in [-0.15, -0.1) is 0 Å². The first-order valence-corrected chi connectivity index (χ1v) is 7.63. The van der Waals surface area contributed by atoms with E-state index in [1.54, 1.807) is 24.3 Å². The largest absolute Gasteiger partial charge is 0.466 e. The fourth-order valence-electron chi connectivity index (χ4n) is 2.29. The molecule has 24 heavy (non-hydrogen) atoms. The summed E-state index contributed by atoms with van der Waals surface area (Å²) in [7, 11) is 1.21. The summed E-state index contributed by atoms with van der Waals surface area (Å²) in [4.78, 5) is 36.4. The number of aromatic nitrogens is 2. The molecule has 0 radical (unpaired) electrons. The highest BCUT2D eigenvalue weighted by atomic mass is 16.6. The van der Waals surface area contributed by atoms with E-state index in [0.29, 0.717) is 17.3 Å². The van der Waals surface area contributed by atoms with E-state index in [2.05, 4.69) is 9.84 Å². The molecule has 1 aromatic carbocycles. The second kappa shape index (κ2) is 7.25. The van der Waals surface area contributed by atoms with Crippen LogP contribution in [0.5, 0.6) is 0 Å². The first-order valence-electron chi connectivity index (χ1n) is 7.63. The van der Waals surface area contributed by atoms with Crippen LogP contribution in [0.25, 0.3) is 10.8 Å². The number of ether oxygens (including phenoxy) is 2. The Morgan fingerprint density at radius 3 is 2.38 bits per heavy atom. The number of hydrogen-bond donors (Lipinski definition) is 0. The lowest BCUT2D eigenvalue weighted by Crippen LogP contribution is -2.30. The van der Waals surface area contributed by atoms with E-state index in [9.17, 15) is 14.4 Å². The van der Waals surface area contributed by atoms with Crippen LogP contribution in [0.2, 0.25) is 0 Å². The summed E-state index contributed by atoms with van der Waals surface area (Å²) in [6, 6.07) is 6.69. The average Bonchev–Trinajstić information content (AvgIpc) is 2.56. The van der Waals surface area contributed by atoms with Gasteiger partial charge in [0.05, 0.1) is 12.5 Å². The van der Waals surface area contributed by atoms with Gasteiger partial charge in [-0.2, -0.15) is 5.10 Å². The van der Waals surface area contributed by atoms with Gasteiger partial charge < -0.3 is 9.47 Å². The summed E-state index contributed by atoms with van der Waals surface area (Å²) in [6.45, 7) is 5.67. The molecule has 1 aromatic heterocycles. The Labute approximate surface area is 139 Å². The molecular weight excluding hydrogens is 312 g/mol. The van der Waals surface area contributed by atoms with Gasteiger partial charge in [-0.3, -0.25) is 4.79 Å². The molecule has 1 atom stereocenters. The number of esters is 2. The number of nitrogens with zero attached hydrogens (tertiary/aromatic N) is 2. The summed E-state index contributed by atoms with van der Waals surface area (Å²) < 4.78 is 10.9. The molecule has 2 rings (SSSR count). The minimum atomic E-state index is -1.06. The van der Waals surface area contributed by atoms with E-state index in [-0.39, 0.29) is 17.2 Å². The van der Waals surface area contributed by atoms with Gasteiger partial charge >= 0.3 is 11.9 Å². The van der Waals surface area contributed by atoms with E-state index >= 15 is 0 Å². The van der Waals surface area contributed by atoms with Crippen LogP contribution in [0.3, 0.4) is 0 Å². The number of carbonyl (C=O) groups excluding carboxylic acids is 2. The minimum Gasteiger partial charge on any atom is -0.466 e. The number of methoxy groups -OCH3 is 1. The van der Waals surface area contributed by atoms with Crippen molar-refractivity contribution in [3.8, 4) is 0 Å². The SMILES string of the molecule is COC(=O)C(C)OC(=O)c1nn(CC(C)C)c(=O)c2ccccc12. The molecule has 0 aliphatic rings. The lowest BCUT2D eigenvalue weighted by Gasteiger charge is -2.14. The molecule has 7 heteroatoms. The molecule has 0 N–H and O–H groups in total. The molecular formula is C17H20N2O5. The molecule has 0 spiro atoms. The molecule has 0 amide bonds. The summed E-state index contributed by atoms with van der Waals surface area (Å²) >= 11 is 0. The first-order chi connectivity index (χ1) is 11.3. The third-order valence-electron chi connectivity index (χ3n) is 3.42. The van der Waals surface area contributed by atoms with Gasteiger partial charge in [0, 0.05) is 11.9 Å². The summed E-state index contributed by atoms with van der Waals surface area (Å²) in [6.07, 6.45) is -1.06. The third kappa shape index (κ3) is 3.61. The maximum Gasteiger partial charge on any atom is 0.360 e. The van der Waals surface area contributed by atoms with Crippen molar-refractivity contribution < 1.29 is 19.1 Å². The molecule has 0 aliphatic heterocycles. The second-order valence-electron chi connectivity index (χ2n) is 5.85. The van der Waals surface area contributed by atoms with Crippen molar-refractivity contribution >= 4 is 22.7 Å². The third-order valence-corrected chi connectivity index (χ3v) is 3.42. The molecule has 7 nitrogen and oxygen atoms in total. The summed E-state index contributed by atoms with van der Waals surface area (Å²) in [5.74, 6) is -1.26. The standard InChI is InChI=1S/C17H20N2O5/c1-10(2)9-19-15(20)13-8-6-5-7-12(13)14(18-19)17(22)24-11(3)16(21)23-4/h5-8,10-11H,9H2,1-4H3. The topological polar surface area (TPSA) is 87.5 Å². The van der Waals surface area contributed by atoms with Gasteiger partial charge in [0.25, 0.3) is 5.56 Å². The zero-order valence-electron chi connectivity index (χ0n) is 14.1. The van der Waals surface area contributed by atoms with Gasteiger partial charge in [-0.1, -0.05) is 32.0 Å². The van der Waals surface area contributed by atoms with Crippen LogP contribution in [0, 0.1) is 5.92 Å². The zero-order chi connectivity index (χ0) is 17.9. The summed E-state index contributed by atoms with van der Waals surface area (Å²) in [5.41, 5.74) is -0.265. The quantitative estimate of drug-likeness (QED) is 0.776. The Hall–Kier alpha value is -2.70. The maximum atomic E-state index is 12.5. The lowest BCUT2D eigenvalue weighted by molar-refractivity contribution is -0.149. The molecule has 1 heterocycles. The Morgan fingerprint density at radius 1 is 1.17 bits per heavy atom. The van der Waals surface area contributed by atoms with E-state index in [0.717, 1.165) is 0 Å². The van der Waals surface area contributed by atoms with Crippen molar-refractivity contribution in [1.29, 1.82) is 0 Å². The van der Waals surface area contributed by atoms with Crippen LogP contribution in [0.15, 0.2) is 29.1 Å². The molecule has 128 valence electrons. The first kappa shape index (κ1) is 17.7. The fraction of sp³-hybridized carbons (Fsp3) is 0.412. The molecule has 1 unspecified atom stereocenters. The minimum absolute atomic E-state index is 0.00148. The van der Waals surface area contributed by atoms with Gasteiger partial charge in [0.2, 0.25) is 0 Å². The van der Waals surface area contributed by atoms with Crippen molar-refractivity contribution in [2.75, 3.05) is 7.11 Å². The van der Waals surface area contributed by atoms with Crippen LogP contribution in [0.4, 0.5) is 0 Å². The van der Waals surface area contributed by atoms with Crippen molar-refractivity contribution in [2.45, 2.75) is 33.4 Å². The van der Waals surface area contributed by atoms with E-state index in [1.165, 1.54) is 18.7 Å². The molecule has 0 fully saturated rings. The highest BCUT2D eigenvalue weighted by Gasteiger charge is 2.23. The van der Waals surface area contributed by atoms with Crippen molar-refractivity contribution in [2.24, 2.45) is 5.92 Å². The number of carbonyl (C=O) groups is 2. The Bertz CT molecular complexity index is 825. The van der Waals surface area contributed by atoms with Crippen molar-refractivity contribution in [1.82, 2.24) is 9.78 Å². The Morgan fingerprint density at radius 2 is 1.79 bits per heavy atom. The smallest absolute Gasteiger partial charge is 0.360 e. The highest BCUT2D eigenvalue weighted by Crippen LogP contribution is 2.15. The molecule has 2 aromatic rings. The Balaban J connectivity index is 2.52. The second-order valence-corrected chi connectivity index (χ2v) is 5.85.